The molecule has 2 aliphatic carbocycles. The fraction of sp³-hybridized carbons (Fsp3) is 0.667. The first-order chi connectivity index (χ1) is 10.3. The molecule has 0 heterocycles. The third-order valence-corrected chi connectivity index (χ3v) is 5.30. The lowest BCUT2D eigenvalue weighted by molar-refractivity contribution is -0.137. The molecule has 0 amide bonds. The Labute approximate surface area is 127 Å². The summed E-state index contributed by atoms with van der Waals surface area (Å²) in [6.45, 7) is 1.28. The van der Waals surface area contributed by atoms with Crippen molar-refractivity contribution in [2.24, 2.45) is 11.1 Å². The SMILES string of the molecule is NC1CC(OCCOc2ccccc2)C12CCCCCC2. The van der Waals surface area contributed by atoms with Gasteiger partial charge in [-0.1, -0.05) is 43.9 Å². The second-order valence-corrected chi connectivity index (χ2v) is 6.51. The van der Waals surface area contributed by atoms with Crippen molar-refractivity contribution in [3.63, 3.8) is 0 Å². The van der Waals surface area contributed by atoms with Crippen LogP contribution in [0.15, 0.2) is 30.3 Å². The number of nitrogens with two attached hydrogens (primary N) is 1. The van der Waals surface area contributed by atoms with Crippen LogP contribution in [0, 0.1) is 5.41 Å². The minimum Gasteiger partial charge on any atom is -0.491 e. The van der Waals surface area contributed by atoms with Crippen LogP contribution in [-0.2, 0) is 4.74 Å². The van der Waals surface area contributed by atoms with E-state index in [4.69, 9.17) is 15.2 Å². The van der Waals surface area contributed by atoms with Crippen molar-refractivity contribution in [2.75, 3.05) is 13.2 Å². The number of benzene rings is 1. The summed E-state index contributed by atoms with van der Waals surface area (Å²) in [6.07, 6.45) is 9.21. The van der Waals surface area contributed by atoms with E-state index in [1.165, 1.54) is 38.5 Å². The highest BCUT2D eigenvalue weighted by Gasteiger charge is 2.53. The van der Waals surface area contributed by atoms with Gasteiger partial charge in [0.1, 0.15) is 12.4 Å². The standard InChI is InChI=1S/C18H27NO2/c19-16-14-17(18(16)10-6-1-2-7-11-18)21-13-12-20-15-8-4-3-5-9-15/h3-5,8-9,16-17H,1-2,6-7,10-14,19H2. The molecule has 2 fully saturated rings. The number of hydrogen-bond donors (Lipinski definition) is 1. The average molecular weight is 289 g/mol. The summed E-state index contributed by atoms with van der Waals surface area (Å²) in [7, 11) is 0. The number of hydrogen-bond acceptors (Lipinski definition) is 3. The van der Waals surface area contributed by atoms with Crippen LogP contribution in [0.4, 0.5) is 0 Å². The summed E-state index contributed by atoms with van der Waals surface area (Å²) in [5, 5.41) is 0. The summed E-state index contributed by atoms with van der Waals surface area (Å²) in [6, 6.07) is 10.3. The predicted molar refractivity (Wildman–Crippen MR) is 84.4 cm³/mol. The fourth-order valence-electron chi connectivity index (χ4n) is 3.96. The first-order valence-corrected chi connectivity index (χ1v) is 8.36. The molecule has 3 heteroatoms. The van der Waals surface area contributed by atoms with Crippen LogP contribution in [-0.4, -0.2) is 25.4 Å². The van der Waals surface area contributed by atoms with Crippen LogP contribution in [0.5, 0.6) is 5.75 Å². The average Bonchev–Trinajstić information content (AvgIpc) is 2.79. The highest BCUT2D eigenvalue weighted by molar-refractivity contribution is 5.20. The van der Waals surface area contributed by atoms with E-state index in [9.17, 15) is 0 Å². The van der Waals surface area contributed by atoms with Crippen molar-refractivity contribution < 1.29 is 9.47 Å². The van der Waals surface area contributed by atoms with Gasteiger partial charge in [0.15, 0.2) is 0 Å². The summed E-state index contributed by atoms with van der Waals surface area (Å²) in [4.78, 5) is 0. The van der Waals surface area contributed by atoms with E-state index in [0.29, 0.717) is 25.4 Å². The van der Waals surface area contributed by atoms with Crippen LogP contribution in [0.3, 0.4) is 0 Å². The minimum absolute atomic E-state index is 0.267. The first kappa shape index (κ1) is 14.9. The predicted octanol–water partition coefficient (Wildman–Crippen LogP) is 3.52. The molecule has 0 radical (unpaired) electrons. The molecule has 0 bridgehead atoms. The summed E-state index contributed by atoms with van der Waals surface area (Å²) in [5.74, 6) is 0.913. The van der Waals surface area contributed by atoms with Crippen molar-refractivity contribution in [1.29, 1.82) is 0 Å². The Bertz CT molecular complexity index is 426. The lowest BCUT2D eigenvalue weighted by atomic mass is 9.58. The van der Waals surface area contributed by atoms with Crippen molar-refractivity contribution in [3.8, 4) is 5.75 Å². The number of ether oxygens (including phenoxy) is 2. The highest BCUT2D eigenvalue weighted by Crippen LogP contribution is 2.51. The second kappa shape index (κ2) is 6.80. The van der Waals surface area contributed by atoms with Crippen LogP contribution < -0.4 is 10.5 Å². The molecule has 2 unspecified atom stereocenters. The quantitative estimate of drug-likeness (QED) is 0.843. The van der Waals surface area contributed by atoms with E-state index in [1.54, 1.807) is 0 Å². The van der Waals surface area contributed by atoms with E-state index in [2.05, 4.69) is 0 Å². The lowest BCUT2D eigenvalue weighted by Crippen LogP contribution is -2.62. The molecular formula is C18H27NO2. The summed E-state index contributed by atoms with van der Waals surface area (Å²) in [5.41, 5.74) is 6.60. The van der Waals surface area contributed by atoms with E-state index >= 15 is 0 Å². The third-order valence-electron chi connectivity index (χ3n) is 5.30. The van der Waals surface area contributed by atoms with Gasteiger partial charge >= 0.3 is 0 Å². The molecule has 2 N–H and O–H groups in total. The number of rotatable bonds is 5. The van der Waals surface area contributed by atoms with Gasteiger partial charge in [-0.05, 0) is 31.4 Å². The van der Waals surface area contributed by atoms with Crippen LogP contribution >= 0.6 is 0 Å². The Morgan fingerprint density at radius 1 is 1.00 bits per heavy atom. The molecule has 21 heavy (non-hydrogen) atoms. The van der Waals surface area contributed by atoms with Gasteiger partial charge in [-0.25, -0.2) is 0 Å². The van der Waals surface area contributed by atoms with Gasteiger partial charge in [0, 0.05) is 11.5 Å². The van der Waals surface area contributed by atoms with Crippen LogP contribution in [0.1, 0.15) is 44.9 Å². The molecule has 1 spiro atoms. The van der Waals surface area contributed by atoms with Crippen molar-refractivity contribution in [2.45, 2.75) is 57.1 Å². The van der Waals surface area contributed by atoms with Gasteiger partial charge < -0.3 is 15.2 Å². The molecule has 3 rings (SSSR count). The molecule has 116 valence electrons. The smallest absolute Gasteiger partial charge is 0.119 e. The number of para-hydroxylation sites is 1. The van der Waals surface area contributed by atoms with E-state index < -0.39 is 0 Å². The Hall–Kier alpha value is -1.06. The Morgan fingerprint density at radius 2 is 1.71 bits per heavy atom. The van der Waals surface area contributed by atoms with Gasteiger partial charge in [0.2, 0.25) is 0 Å². The van der Waals surface area contributed by atoms with Gasteiger partial charge in [0.25, 0.3) is 0 Å². The third kappa shape index (κ3) is 3.24. The van der Waals surface area contributed by atoms with Gasteiger partial charge in [-0.2, -0.15) is 0 Å². The van der Waals surface area contributed by atoms with Gasteiger partial charge in [-0.3, -0.25) is 0 Å². The topological polar surface area (TPSA) is 44.5 Å². The van der Waals surface area contributed by atoms with Crippen molar-refractivity contribution in [1.82, 2.24) is 0 Å². The molecule has 2 aliphatic rings. The monoisotopic (exact) mass is 289 g/mol. The van der Waals surface area contributed by atoms with Crippen LogP contribution in [0.2, 0.25) is 0 Å². The summed E-state index contributed by atoms with van der Waals surface area (Å²) < 4.78 is 11.8. The molecule has 2 atom stereocenters. The fourth-order valence-corrected chi connectivity index (χ4v) is 3.96. The van der Waals surface area contributed by atoms with Gasteiger partial charge in [0.05, 0.1) is 12.7 Å². The molecule has 3 nitrogen and oxygen atoms in total. The Kier molecular flexibility index (Phi) is 4.81. The van der Waals surface area contributed by atoms with E-state index in [0.717, 1.165) is 12.2 Å². The maximum atomic E-state index is 6.33. The maximum Gasteiger partial charge on any atom is 0.119 e. The normalized spacial score (nSPS) is 27.9. The molecule has 2 saturated carbocycles. The molecule has 0 aromatic heterocycles. The van der Waals surface area contributed by atoms with Crippen molar-refractivity contribution in [3.05, 3.63) is 30.3 Å². The lowest BCUT2D eigenvalue weighted by Gasteiger charge is -2.54. The van der Waals surface area contributed by atoms with E-state index in [1.807, 2.05) is 30.3 Å². The maximum absolute atomic E-state index is 6.33. The largest absolute Gasteiger partial charge is 0.491 e. The zero-order chi connectivity index (χ0) is 14.5. The minimum atomic E-state index is 0.267. The van der Waals surface area contributed by atoms with Crippen molar-refractivity contribution >= 4 is 0 Å². The Balaban J connectivity index is 1.44. The van der Waals surface area contributed by atoms with Gasteiger partial charge in [-0.15, -0.1) is 0 Å². The second-order valence-electron chi connectivity index (χ2n) is 6.51. The molecular weight excluding hydrogens is 262 g/mol. The Morgan fingerprint density at radius 3 is 2.38 bits per heavy atom. The highest BCUT2D eigenvalue weighted by atomic mass is 16.5. The molecule has 1 aromatic rings. The molecule has 1 aromatic carbocycles. The molecule has 0 aliphatic heterocycles. The first-order valence-electron chi connectivity index (χ1n) is 8.36. The van der Waals surface area contributed by atoms with Crippen LogP contribution in [0.25, 0.3) is 0 Å². The zero-order valence-corrected chi connectivity index (χ0v) is 12.8. The zero-order valence-electron chi connectivity index (χ0n) is 12.8. The van der Waals surface area contributed by atoms with E-state index in [-0.39, 0.29) is 5.41 Å². The summed E-state index contributed by atoms with van der Waals surface area (Å²) >= 11 is 0. The molecule has 0 saturated heterocycles.